The van der Waals surface area contributed by atoms with Crippen molar-refractivity contribution >= 4 is 17.5 Å². The van der Waals surface area contributed by atoms with Crippen molar-refractivity contribution in [2.75, 3.05) is 0 Å². The van der Waals surface area contributed by atoms with E-state index in [1.54, 1.807) is 43.3 Å². The molecule has 2 rings (SSSR count). The van der Waals surface area contributed by atoms with E-state index in [4.69, 9.17) is 9.47 Å². The third-order valence-corrected chi connectivity index (χ3v) is 6.25. The third-order valence-electron chi connectivity index (χ3n) is 6.25. The van der Waals surface area contributed by atoms with Gasteiger partial charge in [0.25, 0.3) is 0 Å². The van der Waals surface area contributed by atoms with Gasteiger partial charge in [-0.3, -0.25) is 14.4 Å². The molecular weight excluding hydrogens is 464 g/mol. The van der Waals surface area contributed by atoms with Crippen LogP contribution in [0.4, 0.5) is 0 Å². The Morgan fingerprint density at radius 2 is 1.78 bits per heavy atom. The Labute approximate surface area is 220 Å². The summed E-state index contributed by atoms with van der Waals surface area (Å²) in [6, 6.07) is 12.8. The van der Waals surface area contributed by atoms with E-state index in [0.29, 0.717) is 29.1 Å². The van der Waals surface area contributed by atoms with Gasteiger partial charge < -0.3 is 9.47 Å². The second-order valence-corrected chi connectivity index (χ2v) is 9.49. The first kappa shape index (κ1) is 29.5. The number of hydrogen-bond donors (Lipinski definition) is 0. The number of rotatable bonds is 12. The fraction of sp³-hybridized carbons (Fsp3) is 0.344. The summed E-state index contributed by atoms with van der Waals surface area (Å²) in [6.45, 7) is 16.0. The number of benzene rings is 2. The second-order valence-electron chi connectivity index (χ2n) is 9.49. The smallest absolute Gasteiger partial charge is 0.303 e. The SMILES string of the molecule is C=C/C=C(Oc1cccc(C(C)(OC(C)=O)C(C)=O)c1)\C(=C/C(C)C(=O)c1ccc(C)cc1C)CCC. The molecule has 0 fully saturated rings. The zero-order valence-electron chi connectivity index (χ0n) is 23.0. The highest BCUT2D eigenvalue weighted by Gasteiger charge is 2.36. The molecule has 0 aliphatic heterocycles. The summed E-state index contributed by atoms with van der Waals surface area (Å²) in [6.07, 6.45) is 6.89. The van der Waals surface area contributed by atoms with Gasteiger partial charge in [-0.05, 0) is 63.5 Å². The minimum atomic E-state index is -1.43. The molecule has 2 atom stereocenters. The Morgan fingerprint density at radius 3 is 2.35 bits per heavy atom. The summed E-state index contributed by atoms with van der Waals surface area (Å²) in [7, 11) is 0. The first-order valence-electron chi connectivity index (χ1n) is 12.6. The van der Waals surface area contributed by atoms with Crippen molar-refractivity contribution in [3.8, 4) is 5.75 Å². The van der Waals surface area contributed by atoms with E-state index >= 15 is 0 Å². The number of hydrogen-bond acceptors (Lipinski definition) is 5. The number of carbonyl (C=O) groups excluding carboxylic acids is 3. The van der Waals surface area contributed by atoms with E-state index in [1.165, 1.54) is 13.8 Å². The Morgan fingerprint density at radius 1 is 1.08 bits per heavy atom. The number of ether oxygens (including phenoxy) is 2. The molecule has 0 bridgehead atoms. The largest absolute Gasteiger partial charge is 0.457 e. The Bertz CT molecular complexity index is 1230. The van der Waals surface area contributed by atoms with Crippen LogP contribution in [0.3, 0.4) is 0 Å². The number of Topliss-reactive ketones (excluding diaryl/α,β-unsaturated/α-hetero) is 2. The molecule has 37 heavy (non-hydrogen) atoms. The molecule has 0 saturated carbocycles. The van der Waals surface area contributed by atoms with Crippen molar-refractivity contribution in [2.45, 2.75) is 66.9 Å². The molecule has 0 aliphatic carbocycles. The highest BCUT2D eigenvalue weighted by Crippen LogP contribution is 2.31. The quantitative estimate of drug-likeness (QED) is 0.131. The lowest BCUT2D eigenvalue weighted by Gasteiger charge is -2.27. The maximum Gasteiger partial charge on any atom is 0.303 e. The Balaban J connectivity index is 2.44. The number of allylic oxidation sites excluding steroid dienone is 4. The lowest BCUT2D eigenvalue weighted by Crippen LogP contribution is -2.35. The van der Waals surface area contributed by atoms with Gasteiger partial charge in [0.2, 0.25) is 0 Å². The van der Waals surface area contributed by atoms with Crippen LogP contribution in [0.5, 0.6) is 5.75 Å². The molecule has 0 radical (unpaired) electrons. The molecule has 0 saturated heterocycles. The standard InChI is InChI=1S/C32H38O5/c1-9-12-26(19-23(5)31(35)29-17-16-21(3)18-22(29)4)30(13-10-2)36-28-15-11-14-27(20-28)32(8,24(6)33)37-25(7)34/h10-11,13-20,23H,2,9,12H2,1,3-8H3/b26-19-,30-13+. The molecule has 5 nitrogen and oxygen atoms in total. The molecule has 0 spiro atoms. The number of carbonyl (C=O) groups is 3. The summed E-state index contributed by atoms with van der Waals surface area (Å²) >= 11 is 0. The monoisotopic (exact) mass is 502 g/mol. The normalized spacial score (nSPS) is 14.4. The summed E-state index contributed by atoms with van der Waals surface area (Å²) in [5.74, 6) is -0.133. The summed E-state index contributed by atoms with van der Waals surface area (Å²) < 4.78 is 11.7. The minimum absolute atomic E-state index is 0.0460. The van der Waals surface area contributed by atoms with Crippen molar-refractivity contribution in [3.05, 3.63) is 101 Å². The number of aryl methyl sites for hydroxylation is 2. The number of ketones is 2. The van der Waals surface area contributed by atoms with Gasteiger partial charge in [0.15, 0.2) is 17.2 Å². The highest BCUT2D eigenvalue weighted by atomic mass is 16.6. The lowest BCUT2D eigenvalue weighted by molar-refractivity contribution is -0.164. The number of esters is 1. The van der Waals surface area contributed by atoms with E-state index in [0.717, 1.165) is 23.1 Å². The van der Waals surface area contributed by atoms with Gasteiger partial charge in [-0.2, -0.15) is 0 Å². The second kappa shape index (κ2) is 13.0. The average molecular weight is 503 g/mol. The highest BCUT2D eigenvalue weighted by molar-refractivity contribution is 6.00. The fourth-order valence-corrected chi connectivity index (χ4v) is 4.19. The topological polar surface area (TPSA) is 69.7 Å². The van der Waals surface area contributed by atoms with Crippen molar-refractivity contribution < 1.29 is 23.9 Å². The van der Waals surface area contributed by atoms with Crippen LogP contribution >= 0.6 is 0 Å². The molecule has 196 valence electrons. The van der Waals surface area contributed by atoms with Crippen molar-refractivity contribution in [3.63, 3.8) is 0 Å². The Hall–Kier alpha value is -3.73. The van der Waals surface area contributed by atoms with Crippen LogP contribution in [0.1, 0.15) is 74.5 Å². The first-order valence-corrected chi connectivity index (χ1v) is 12.6. The van der Waals surface area contributed by atoms with Crippen molar-refractivity contribution in [1.29, 1.82) is 0 Å². The molecule has 2 aromatic carbocycles. The van der Waals surface area contributed by atoms with Crippen LogP contribution in [-0.4, -0.2) is 17.5 Å². The van der Waals surface area contributed by atoms with Crippen LogP contribution < -0.4 is 4.74 Å². The molecule has 0 heterocycles. The summed E-state index contributed by atoms with van der Waals surface area (Å²) in [5, 5.41) is 0. The van der Waals surface area contributed by atoms with Gasteiger partial charge >= 0.3 is 5.97 Å². The van der Waals surface area contributed by atoms with Gasteiger partial charge in [-0.15, -0.1) is 0 Å². The van der Waals surface area contributed by atoms with Crippen molar-refractivity contribution in [1.82, 2.24) is 0 Å². The summed E-state index contributed by atoms with van der Waals surface area (Å²) in [4.78, 5) is 37.3. The Kier molecular flexibility index (Phi) is 10.4. The predicted octanol–water partition coefficient (Wildman–Crippen LogP) is 7.36. The van der Waals surface area contributed by atoms with E-state index in [2.05, 4.69) is 13.5 Å². The third kappa shape index (κ3) is 7.63. The van der Waals surface area contributed by atoms with Crippen LogP contribution in [0, 0.1) is 19.8 Å². The fourth-order valence-electron chi connectivity index (χ4n) is 4.19. The van der Waals surface area contributed by atoms with Crippen LogP contribution in [-0.2, 0) is 19.9 Å². The molecular formula is C32H38O5. The predicted molar refractivity (Wildman–Crippen MR) is 148 cm³/mol. The molecule has 0 aromatic heterocycles. The van der Waals surface area contributed by atoms with Gasteiger partial charge in [0.05, 0.1) is 0 Å². The molecule has 0 aliphatic rings. The zero-order valence-corrected chi connectivity index (χ0v) is 23.0. The van der Waals surface area contributed by atoms with E-state index < -0.39 is 11.6 Å². The molecule has 0 N–H and O–H groups in total. The van der Waals surface area contributed by atoms with Crippen LogP contribution in [0.15, 0.2) is 78.6 Å². The molecule has 0 amide bonds. The van der Waals surface area contributed by atoms with E-state index in [9.17, 15) is 14.4 Å². The molecule has 2 aromatic rings. The molecule has 5 heteroatoms. The van der Waals surface area contributed by atoms with Crippen LogP contribution in [0.25, 0.3) is 0 Å². The van der Waals surface area contributed by atoms with E-state index in [1.807, 2.05) is 45.0 Å². The minimum Gasteiger partial charge on any atom is -0.457 e. The average Bonchev–Trinajstić information content (AvgIpc) is 2.82. The lowest BCUT2D eigenvalue weighted by atomic mass is 9.91. The zero-order chi connectivity index (χ0) is 27.8. The van der Waals surface area contributed by atoms with Gasteiger partial charge in [-0.25, -0.2) is 0 Å². The van der Waals surface area contributed by atoms with Gasteiger partial charge in [0.1, 0.15) is 11.5 Å². The molecule has 2 unspecified atom stereocenters. The van der Waals surface area contributed by atoms with E-state index in [-0.39, 0.29) is 17.5 Å². The van der Waals surface area contributed by atoms with Gasteiger partial charge in [0, 0.05) is 24.0 Å². The summed E-state index contributed by atoms with van der Waals surface area (Å²) in [5.41, 5.74) is 2.74. The van der Waals surface area contributed by atoms with Crippen LogP contribution in [0.2, 0.25) is 0 Å². The van der Waals surface area contributed by atoms with Crippen molar-refractivity contribution in [2.24, 2.45) is 5.92 Å². The first-order chi connectivity index (χ1) is 17.4. The maximum atomic E-state index is 13.3. The van der Waals surface area contributed by atoms with Gasteiger partial charge in [-0.1, -0.05) is 74.9 Å². The maximum absolute atomic E-state index is 13.3.